The second kappa shape index (κ2) is 6.22. The van der Waals surface area contributed by atoms with Crippen molar-refractivity contribution < 1.29 is 32.4 Å². The van der Waals surface area contributed by atoms with Crippen LogP contribution in [0.15, 0.2) is 18.2 Å². The van der Waals surface area contributed by atoms with Crippen molar-refractivity contribution in [3.63, 3.8) is 0 Å². The van der Waals surface area contributed by atoms with Gasteiger partial charge in [-0.15, -0.1) is 0 Å². The number of methoxy groups -OCH3 is 1. The number of benzene rings is 1. The highest BCUT2D eigenvalue weighted by atomic mass is 19.4. The van der Waals surface area contributed by atoms with E-state index < -0.39 is 35.1 Å². The zero-order chi connectivity index (χ0) is 15.3. The highest BCUT2D eigenvalue weighted by Gasteiger charge is 2.30. The van der Waals surface area contributed by atoms with Crippen molar-refractivity contribution in [2.24, 2.45) is 0 Å². The molecule has 0 aromatic heterocycles. The molecule has 1 aromatic carbocycles. The van der Waals surface area contributed by atoms with E-state index in [0.29, 0.717) is 0 Å². The number of hydrogen-bond donors (Lipinski definition) is 0. The van der Waals surface area contributed by atoms with Gasteiger partial charge in [0.25, 0.3) is 0 Å². The summed E-state index contributed by atoms with van der Waals surface area (Å²) >= 11 is 0. The minimum absolute atomic E-state index is 0.225. The fraction of sp³-hybridized carbons (Fsp3) is 0.364. The van der Waals surface area contributed by atoms with Crippen LogP contribution in [0.2, 0.25) is 0 Å². The van der Waals surface area contributed by atoms with Crippen molar-refractivity contribution >= 4 is 11.7 Å². The summed E-state index contributed by atoms with van der Waals surface area (Å²) in [6.07, 6.45) is -4.84. The van der Waals surface area contributed by atoms with E-state index in [9.17, 15) is 28.1 Å². The molecule has 20 heavy (non-hydrogen) atoms. The van der Waals surface area contributed by atoms with Gasteiger partial charge in [0.05, 0.1) is 18.5 Å². The Morgan fingerprint density at radius 2 is 2.05 bits per heavy atom. The standard InChI is InChI=1S/C11H10F3NO5/c1-19-10(16)5-7-2-3-8(15(17)18)9(4-7)20-6-11(12,13)14/h2-4H,5-6H2,1H3. The molecule has 0 aliphatic heterocycles. The third-order valence-corrected chi connectivity index (χ3v) is 2.19. The van der Waals surface area contributed by atoms with Crippen LogP contribution in [0.5, 0.6) is 5.75 Å². The van der Waals surface area contributed by atoms with Gasteiger partial charge in [-0.1, -0.05) is 6.07 Å². The predicted molar refractivity (Wildman–Crippen MR) is 60.4 cm³/mol. The number of esters is 1. The lowest BCUT2D eigenvalue weighted by atomic mass is 10.1. The number of carbonyl (C=O) groups is 1. The maximum atomic E-state index is 12.1. The Morgan fingerprint density at radius 3 is 2.55 bits per heavy atom. The summed E-state index contributed by atoms with van der Waals surface area (Å²) in [6, 6.07) is 3.24. The molecule has 0 N–H and O–H groups in total. The van der Waals surface area contributed by atoms with Crippen molar-refractivity contribution in [3.8, 4) is 5.75 Å². The third-order valence-electron chi connectivity index (χ3n) is 2.19. The number of nitro benzene ring substituents is 1. The van der Waals surface area contributed by atoms with Gasteiger partial charge in [-0.25, -0.2) is 0 Å². The number of nitrogens with zero attached hydrogens (tertiary/aromatic N) is 1. The molecular weight excluding hydrogens is 283 g/mol. The molecule has 0 heterocycles. The van der Waals surface area contributed by atoms with Crippen LogP contribution in [0.4, 0.5) is 18.9 Å². The predicted octanol–water partition coefficient (Wildman–Crippen LogP) is 2.25. The fourth-order valence-corrected chi connectivity index (χ4v) is 1.33. The minimum atomic E-state index is -4.62. The summed E-state index contributed by atoms with van der Waals surface area (Å²) in [5.74, 6) is -1.17. The first kappa shape index (κ1) is 15.7. The summed E-state index contributed by atoms with van der Waals surface area (Å²) in [7, 11) is 1.15. The van der Waals surface area contributed by atoms with Gasteiger partial charge in [-0.2, -0.15) is 13.2 Å². The topological polar surface area (TPSA) is 78.7 Å². The summed E-state index contributed by atoms with van der Waals surface area (Å²) < 4.78 is 45.0. The second-order valence-electron chi connectivity index (χ2n) is 3.72. The van der Waals surface area contributed by atoms with Crippen molar-refractivity contribution in [1.29, 1.82) is 0 Å². The lowest BCUT2D eigenvalue weighted by Crippen LogP contribution is -2.19. The van der Waals surface area contributed by atoms with E-state index in [2.05, 4.69) is 9.47 Å². The molecule has 0 atom stereocenters. The molecule has 0 fully saturated rings. The maximum Gasteiger partial charge on any atom is 0.422 e. The van der Waals surface area contributed by atoms with Crippen LogP contribution >= 0.6 is 0 Å². The highest BCUT2D eigenvalue weighted by Crippen LogP contribution is 2.30. The summed E-state index contributed by atoms with van der Waals surface area (Å²) in [4.78, 5) is 20.9. The number of carbonyl (C=O) groups excluding carboxylic acids is 1. The Hall–Kier alpha value is -2.32. The third kappa shape index (κ3) is 4.75. The molecule has 0 aliphatic rings. The zero-order valence-electron chi connectivity index (χ0n) is 10.3. The Morgan fingerprint density at radius 1 is 1.40 bits per heavy atom. The lowest BCUT2D eigenvalue weighted by molar-refractivity contribution is -0.386. The van der Waals surface area contributed by atoms with Crippen molar-refractivity contribution in [1.82, 2.24) is 0 Å². The van der Waals surface area contributed by atoms with E-state index in [1.165, 1.54) is 6.07 Å². The largest absolute Gasteiger partial charge is 0.477 e. The molecule has 1 rings (SSSR count). The monoisotopic (exact) mass is 293 g/mol. The lowest BCUT2D eigenvalue weighted by Gasteiger charge is -2.10. The van der Waals surface area contributed by atoms with Gasteiger partial charge in [0.1, 0.15) is 0 Å². The molecule has 110 valence electrons. The molecule has 1 aromatic rings. The first-order chi connectivity index (χ1) is 9.23. The van der Waals surface area contributed by atoms with Crippen LogP contribution in [0.1, 0.15) is 5.56 Å². The Bertz CT molecular complexity index is 515. The number of rotatable bonds is 5. The Balaban J connectivity index is 2.99. The molecule has 6 nitrogen and oxygen atoms in total. The molecule has 0 aliphatic carbocycles. The molecule has 0 spiro atoms. The van der Waals surface area contributed by atoms with Gasteiger partial charge < -0.3 is 9.47 Å². The molecule has 0 radical (unpaired) electrons. The van der Waals surface area contributed by atoms with Crippen LogP contribution in [0, 0.1) is 10.1 Å². The second-order valence-corrected chi connectivity index (χ2v) is 3.72. The number of halogens is 3. The number of ether oxygens (including phenoxy) is 2. The maximum absolute atomic E-state index is 12.1. The van der Waals surface area contributed by atoms with Crippen LogP contribution in [0.3, 0.4) is 0 Å². The van der Waals surface area contributed by atoms with Crippen molar-refractivity contribution in [2.75, 3.05) is 13.7 Å². The van der Waals surface area contributed by atoms with Gasteiger partial charge in [0, 0.05) is 6.07 Å². The Kier molecular flexibility index (Phi) is 4.89. The number of hydrogen-bond acceptors (Lipinski definition) is 5. The molecule has 9 heteroatoms. The SMILES string of the molecule is COC(=O)Cc1ccc([N+](=O)[O-])c(OCC(F)(F)F)c1. The van der Waals surface area contributed by atoms with E-state index in [4.69, 9.17) is 0 Å². The Labute approximate surface area is 111 Å². The van der Waals surface area contributed by atoms with Crippen LogP contribution in [-0.2, 0) is 16.0 Å². The summed E-state index contributed by atoms with van der Waals surface area (Å²) in [5.41, 5.74) is -0.359. The molecule has 0 saturated heterocycles. The van der Waals surface area contributed by atoms with Crippen LogP contribution in [0.25, 0.3) is 0 Å². The fourth-order valence-electron chi connectivity index (χ4n) is 1.33. The zero-order valence-corrected chi connectivity index (χ0v) is 10.3. The van der Waals surface area contributed by atoms with Crippen LogP contribution < -0.4 is 4.74 Å². The van der Waals surface area contributed by atoms with Gasteiger partial charge >= 0.3 is 17.8 Å². The molecular formula is C11H10F3NO5. The van der Waals surface area contributed by atoms with E-state index in [1.807, 2.05) is 0 Å². The van der Waals surface area contributed by atoms with E-state index in [-0.39, 0.29) is 12.0 Å². The smallest absolute Gasteiger partial charge is 0.422 e. The molecule has 0 saturated carbocycles. The first-order valence-corrected chi connectivity index (χ1v) is 5.26. The first-order valence-electron chi connectivity index (χ1n) is 5.26. The van der Waals surface area contributed by atoms with Crippen LogP contribution in [-0.4, -0.2) is 30.8 Å². The van der Waals surface area contributed by atoms with Gasteiger partial charge in [-0.3, -0.25) is 14.9 Å². The van der Waals surface area contributed by atoms with Gasteiger partial charge in [0.2, 0.25) is 0 Å². The normalized spacial score (nSPS) is 11.0. The van der Waals surface area contributed by atoms with Gasteiger partial charge in [0.15, 0.2) is 12.4 Å². The van der Waals surface area contributed by atoms with E-state index >= 15 is 0 Å². The van der Waals surface area contributed by atoms with E-state index in [0.717, 1.165) is 19.2 Å². The summed E-state index contributed by atoms with van der Waals surface area (Å²) in [5, 5.41) is 10.7. The highest BCUT2D eigenvalue weighted by molar-refractivity contribution is 5.72. The number of nitro groups is 1. The average Bonchev–Trinajstić information content (AvgIpc) is 2.35. The van der Waals surface area contributed by atoms with Crippen molar-refractivity contribution in [2.45, 2.75) is 12.6 Å². The average molecular weight is 293 g/mol. The molecule has 0 bridgehead atoms. The summed E-state index contributed by atoms with van der Waals surface area (Å²) in [6.45, 7) is -1.66. The quantitative estimate of drug-likeness (QED) is 0.472. The minimum Gasteiger partial charge on any atom is -0.477 e. The molecule has 0 unspecified atom stereocenters. The van der Waals surface area contributed by atoms with Crippen molar-refractivity contribution in [3.05, 3.63) is 33.9 Å². The molecule has 0 amide bonds. The van der Waals surface area contributed by atoms with E-state index in [1.54, 1.807) is 0 Å². The number of alkyl halides is 3. The van der Waals surface area contributed by atoms with Gasteiger partial charge in [-0.05, 0) is 11.6 Å².